The summed E-state index contributed by atoms with van der Waals surface area (Å²) in [6, 6.07) is 6.08. The molecule has 1 aliphatic heterocycles. The molecule has 1 heterocycles. The molecule has 2 rings (SSSR count). The maximum Gasteiger partial charge on any atom is 0.322 e. The fraction of sp³-hybridized carbons (Fsp3) is 0.250. The van der Waals surface area contributed by atoms with E-state index >= 15 is 0 Å². The van der Waals surface area contributed by atoms with Crippen molar-refractivity contribution in [1.29, 1.82) is 0 Å². The topological polar surface area (TPSA) is 87.3 Å². The summed E-state index contributed by atoms with van der Waals surface area (Å²) in [7, 11) is 0. The summed E-state index contributed by atoms with van der Waals surface area (Å²) in [6.07, 6.45) is 0.433. The number of rotatable bonds is 4. The summed E-state index contributed by atoms with van der Waals surface area (Å²) in [5.41, 5.74) is 0.680. The molecule has 0 saturated carbocycles. The molecule has 4 amide bonds. The Balaban J connectivity index is 1.82. The Kier molecular flexibility index (Phi) is 4.16. The highest BCUT2D eigenvalue weighted by Gasteiger charge is 2.29. The van der Waals surface area contributed by atoms with E-state index in [1.807, 2.05) is 12.1 Å². The second kappa shape index (κ2) is 5.83. The van der Waals surface area contributed by atoms with Gasteiger partial charge in [-0.25, -0.2) is 4.79 Å². The molecule has 19 heavy (non-hydrogen) atoms. The molecule has 1 saturated heterocycles. The maximum absolute atomic E-state index is 11.7. The van der Waals surface area contributed by atoms with E-state index in [-0.39, 0.29) is 24.7 Å². The third-order valence-electron chi connectivity index (χ3n) is 2.63. The summed E-state index contributed by atoms with van der Waals surface area (Å²) in [5, 5.41) is 7.29. The molecule has 7 heteroatoms. The lowest BCUT2D eigenvalue weighted by Gasteiger charge is -2.08. The van der Waals surface area contributed by atoms with Crippen molar-refractivity contribution in [1.82, 2.24) is 10.6 Å². The first-order valence-electron chi connectivity index (χ1n) is 5.71. The molecule has 0 aliphatic carbocycles. The van der Waals surface area contributed by atoms with Gasteiger partial charge in [0.1, 0.15) is 6.04 Å². The highest BCUT2D eigenvalue weighted by Crippen LogP contribution is 2.16. The van der Waals surface area contributed by atoms with Crippen molar-refractivity contribution in [2.24, 2.45) is 0 Å². The summed E-state index contributed by atoms with van der Waals surface area (Å²) < 4.78 is 0.868. The number of carbonyl (C=O) groups is 3. The number of imide groups is 1. The third-order valence-corrected chi connectivity index (χ3v) is 3.12. The van der Waals surface area contributed by atoms with Crippen LogP contribution >= 0.6 is 15.9 Å². The number of halogens is 1. The molecule has 0 bridgehead atoms. The normalized spacial score (nSPS) is 17.8. The number of anilines is 1. The van der Waals surface area contributed by atoms with Crippen LogP contribution in [-0.4, -0.2) is 23.9 Å². The zero-order valence-corrected chi connectivity index (χ0v) is 11.5. The second-order valence-corrected chi connectivity index (χ2v) is 5.03. The van der Waals surface area contributed by atoms with Gasteiger partial charge in [0.15, 0.2) is 0 Å². The van der Waals surface area contributed by atoms with E-state index in [1.54, 1.807) is 12.1 Å². The Hall–Kier alpha value is -1.89. The molecule has 1 atom stereocenters. The third kappa shape index (κ3) is 3.78. The highest BCUT2D eigenvalue weighted by molar-refractivity contribution is 9.10. The average Bonchev–Trinajstić information content (AvgIpc) is 2.65. The van der Waals surface area contributed by atoms with Crippen LogP contribution in [-0.2, 0) is 9.59 Å². The lowest BCUT2D eigenvalue weighted by Crippen LogP contribution is -2.30. The Labute approximate surface area is 118 Å². The van der Waals surface area contributed by atoms with Gasteiger partial charge in [0.05, 0.1) is 0 Å². The van der Waals surface area contributed by atoms with Gasteiger partial charge >= 0.3 is 6.03 Å². The highest BCUT2D eigenvalue weighted by atomic mass is 79.9. The first-order valence-corrected chi connectivity index (χ1v) is 6.50. The first kappa shape index (κ1) is 13.5. The zero-order chi connectivity index (χ0) is 13.8. The largest absolute Gasteiger partial charge is 0.326 e. The standard InChI is InChI=1S/C12H12BrN3O3/c13-7-2-1-3-8(6-7)14-10(17)5-4-9-11(18)16-12(19)15-9/h1-3,6,9H,4-5H2,(H,14,17)(H2,15,16,18,19)/t9-/m0/s1. The van der Waals surface area contributed by atoms with Crippen LogP contribution in [0.15, 0.2) is 28.7 Å². The number of benzene rings is 1. The number of amides is 4. The minimum absolute atomic E-state index is 0.158. The summed E-state index contributed by atoms with van der Waals surface area (Å²) in [6.45, 7) is 0. The van der Waals surface area contributed by atoms with Gasteiger partial charge in [-0.15, -0.1) is 0 Å². The van der Waals surface area contributed by atoms with Crippen LogP contribution in [0.1, 0.15) is 12.8 Å². The molecule has 1 aliphatic rings. The van der Waals surface area contributed by atoms with Gasteiger partial charge in [0.2, 0.25) is 5.91 Å². The smallest absolute Gasteiger partial charge is 0.322 e. The Bertz CT molecular complexity index is 533. The lowest BCUT2D eigenvalue weighted by molar-refractivity contribution is -0.120. The number of hydrogen-bond acceptors (Lipinski definition) is 3. The van der Waals surface area contributed by atoms with E-state index in [4.69, 9.17) is 0 Å². The van der Waals surface area contributed by atoms with Crippen molar-refractivity contribution in [2.45, 2.75) is 18.9 Å². The van der Waals surface area contributed by atoms with E-state index in [2.05, 4.69) is 31.9 Å². The van der Waals surface area contributed by atoms with Gasteiger partial charge in [-0.05, 0) is 24.6 Å². The van der Waals surface area contributed by atoms with Gasteiger partial charge in [-0.3, -0.25) is 14.9 Å². The summed E-state index contributed by atoms with van der Waals surface area (Å²) in [5.74, 6) is -0.590. The fourth-order valence-electron chi connectivity index (χ4n) is 1.73. The summed E-state index contributed by atoms with van der Waals surface area (Å²) >= 11 is 3.31. The number of urea groups is 1. The predicted octanol–water partition coefficient (Wildman–Crippen LogP) is 1.38. The van der Waals surface area contributed by atoms with Gasteiger partial charge < -0.3 is 10.6 Å². The molecule has 6 nitrogen and oxygen atoms in total. The SMILES string of the molecule is O=C(CC[C@@H]1NC(=O)NC1=O)Nc1cccc(Br)c1. The molecule has 3 N–H and O–H groups in total. The van der Waals surface area contributed by atoms with Crippen LogP contribution in [0.25, 0.3) is 0 Å². The molecule has 0 unspecified atom stereocenters. The monoisotopic (exact) mass is 325 g/mol. The zero-order valence-electron chi connectivity index (χ0n) is 9.90. The van der Waals surface area contributed by atoms with E-state index in [0.29, 0.717) is 5.69 Å². The van der Waals surface area contributed by atoms with Gasteiger partial charge in [-0.2, -0.15) is 0 Å². The van der Waals surface area contributed by atoms with Crippen LogP contribution in [0.4, 0.5) is 10.5 Å². The van der Waals surface area contributed by atoms with Crippen LogP contribution in [0, 0.1) is 0 Å². The van der Waals surface area contributed by atoms with Crippen LogP contribution in [0.3, 0.4) is 0 Å². The van der Waals surface area contributed by atoms with Gasteiger partial charge in [0.25, 0.3) is 5.91 Å². The molecular weight excluding hydrogens is 314 g/mol. The van der Waals surface area contributed by atoms with Crippen LogP contribution in [0.5, 0.6) is 0 Å². The Morgan fingerprint density at radius 2 is 2.16 bits per heavy atom. The molecule has 0 spiro atoms. The quantitative estimate of drug-likeness (QED) is 0.731. The number of nitrogens with one attached hydrogen (secondary N) is 3. The van der Waals surface area contributed by atoms with Crippen molar-refractivity contribution in [3.05, 3.63) is 28.7 Å². The minimum Gasteiger partial charge on any atom is -0.326 e. The van der Waals surface area contributed by atoms with Crippen molar-refractivity contribution in [3.8, 4) is 0 Å². The number of hydrogen-bond donors (Lipinski definition) is 3. The van der Waals surface area contributed by atoms with Crippen molar-refractivity contribution < 1.29 is 14.4 Å². The lowest BCUT2D eigenvalue weighted by atomic mass is 10.1. The molecule has 1 aromatic rings. The molecule has 100 valence electrons. The van der Waals surface area contributed by atoms with Crippen molar-refractivity contribution >= 4 is 39.5 Å². The van der Waals surface area contributed by atoms with E-state index in [1.165, 1.54) is 0 Å². The number of carbonyl (C=O) groups excluding carboxylic acids is 3. The predicted molar refractivity (Wildman–Crippen MR) is 72.5 cm³/mol. The molecule has 0 aromatic heterocycles. The van der Waals surface area contributed by atoms with Crippen molar-refractivity contribution in [2.75, 3.05) is 5.32 Å². The van der Waals surface area contributed by atoms with E-state index in [0.717, 1.165) is 4.47 Å². The molecular formula is C12H12BrN3O3. The molecule has 1 fully saturated rings. The van der Waals surface area contributed by atoms with E-state index in [9.17, 15) is 14.4 Å². The van der Waals surface area contributed by atoms with Crippen LogP contribution in [0.2, 0.25) is 0 Å². The van der Waals surface area contributed by atoms with Gasteiger partial charge in [0, 0.05) is 16.6 Å². The summed E-state index contributed by atoms with van der Waals surface area (Å²) in [4.78, 5) is 33.9. The van der Waals surface area contributed by atoms with Crippen molar-refractivity contribution in [3.63, 3.8) is 0 Å². The minimum atomic E-state index is -0.624. The Morgan fingerprint density at radius 1 is 1.37 bits per heavy atom. The van der Waals surface area contributed by atoms with Gasteiger partial charge in [-0.1, -0.05) is 22.0 Å². The second-order valence-electron chi connectivity index (χ2n) is 4.11. The molecule has 1 aromatic carbocycles. The first-order chi connectivity index (χ1) is 9.04. The van der Waals surface area contributed by atoms with E-state index < -0.39 is 12.1 Å². The molecule has 0 radical (unpaired) electrons. The van der Waals surface area contributed by atoms with Crippen LogP contribution < -0.4 is 16.0 Å². The fourth-order valence-corrected chi connectivity index (χ4v) is 2.13. The average molecular weight is 326 g/mol. The Morgan fingerprint density at radius 3 is 2.79 bits per heavy atom. The maximum atomic E-state index is 11.7.